The summed E-state index contributed by atoms with van der Waals surface area (Å²) in [5.41, 5.74) is 12.7. The number of fused-ring (bicyclic) bond motifs is 2. The van der Waals surface area contributed by atoms with Gasteiger partial charge in [0.2, 0.25) is 0 Å². The van der Waals surface area contributed by atoms with Gasteiger partial charge in [-0.15, -0.1) is 23.1 Å². The van der Waals surface area contributed by atoms with Crippen LogP contribution in [0.15, 0.2) is 52.4 Å². The van der Waals surface area contributed by atoms with Crippen LogP contribution in [0, 0.1) is 0 Å². The first-order valence-electron chi connectivity index (χ1n) is 11.8. The molecule has 1 saturated heterocycles. The molecule has 0 unspecified atom stereocenters. The molecule has 2 aliphatic rings. The normalized spacial score (nSPS) is 19.1. The Morgan fingerprint density at radius 3 is 2.90 bits per heavy atom. The molecular weight excluding hydrogens is 546 g/mol. The number of pyridine rings is 1. The van der Waals surface area contributed by atoms with Gasteiger partial charge in [-0.2, -0.15) is 4.40 Å². The van der Waals surface area contributed by atoms with Gasteiger partial charge in [-0.1, -0.05) is 5.16 Å². The van der Waals surface area contributed by atoms with Crippen LogP contribution in [-0.2, 0) is 25.8 Å². The van der Waals surface area contributed by atoms with Crippen molar-refractivity contribution in [3.8, 4) is 0 Å². The maximum atomic E-state index is 13.1. The number of carbonyl (C=O) groups is 3. The maximum Gasteiger partial charge on any atom is 0.352 e. The number of aromatic nitrogens is 3. The van der Waals surface area contributed by atoms with Gasteiger partial charge in [-0.05, 0) is 6.07 Å². The summed E-state index contributed by atoms with van der Waals surface area (Å²) >= 11 is 2.51. The van der Waals surface area contributed by atoms with Crippen LogP contribution in [0.2, 0.25) is 0 Å². The Bertz CT molecular complexity index is 1510. The number of nitrogens with two attached hydrogens (primary N) is 2. The van der Waals surface area contributed by atoms with Crippen LogP contribution < -0.4 is 26.7 Å². The largest absolute Gasteiger partial charge is 0.477 e. The fourth-order valence-corrected chi connectivity index (χ4v) is 6.40. The lowest BCUT2D eigenvalue weighted by atomic mass is 10.0. The zero-order valence-electron chi connectivity index (χ0n) is 20.7. The highest BCUT2D eigenvalue weighted by molar-refractivity contribution is 8.00. The molecule has 3 aromatic heterocycles. The van der Waals surface area contributed by atoms with E-state index in [-0.39, 0.29) is 28.8 Å². The molecule has 0 spiro atoms. The van der Waals surface area contributed by atoms with Crippen molar-refractivity contribution in [3.05, 3.63) is 52.9 Å². The Morgan fingerprint density at radius 2 is 2.21 bits per heavy atom. The van der Waals surface area contributed by atoms with E-state index in [2.05, 4.69) is 20.8 Å². The molecule has 0 radical (unpaired) electrons. The van der Waals surface area contributed by atoms with Gasteiger partial charge < -0.3 is 32.0 Å². The molecule has 16 heteroatoms. The number of aliphatic carboxylic acids is 1. The minimum atomic E-state index is -1.21. The molecule has 5 rings (SSSR count). The first-order chi connectivity index (χ1) is 18.8. The van der Waals surface area contributed by atoms with Crippen LogP contribution >= 0.6 is 23.1 Å². The van der Waals surface area contributed by atoms with E-state index in [4.69, 9.17) is 16.3 Å². The van der Waals surface area contributed by atoms with Crippen LogP contribution in [0.4, 0.5) is 10.9 Å². The lowest BCUT2D eigenvalue weighted by molar-refractivity contribution is -0.662. The molecule has 0 saturated carbocycles. The summed E-state index contributed by atoms with van der Waals surface area (Å²) in [5.74, 6) is -1.19. The number of carboxylic acid groups (broad SMARTS) is 1. The number of oxime groups is 1. The van der Waals surface area contributed by atoms with Gasteiger partial charge in [0, 0.05) is 41.9 Å². The lowest BCUT2D eigenvalue weighted by Crippen LogP contribution is -2.71. The molecule has 14 nitrogen and oxygen atoms in total. The van der Waals surface area contributed by atoms with Crippen LogP contribution in [-0.4, -0.2) is 80.3 Å². The molecule has 0 aromatic carbocycles. The number of nitrogen functional groups attached to an aromatic ring is 1. The summed E-state index contributed by atoms with van der Waals surface area (Å²) in [4.78, 5) is 48.5. The molecule has 3 aromatic rings. The Labute approximate surface area is 230 Å². The highest BCUT2D eigenvalue weighted by Crippen LogP contribution is 2.40. The zero-order chi connectivity index (χ0) is 27.7. The number of thioether (sulfide) groups is 1. The van der Waals surface area contributed by atoms with E-state index < -0.39 is 29.2 Å². The van der Waals surface area contributed by atoms with Crippen LogP contribution in [0.3, 0.4) is 0 Å². The van der Waals surface area contributed by atoms with Gasteiger partial charge in [0.1, 0.15) is 48.9 Å². The van der Waals surface area contributed by atoms with Crippen molar-refractivity contribution in [2.45, 2.75) is 18.0 Å². The summed E-state index contributed by atoms with van der Waals surface area (Å²) in [5, 5.41) is 20.9. The van der Waals surface area contributed by atoms with Gasteiger partial charge >= 0.3 is 5.97 Å². The minimum Gasteiger partial charge on any atom is -0.477 e. The van der Waals surface area contributed by atoms with Crippen LogP contribution in [0.5, 0.6) is 0 Å². The SMILES string of the molecule is CO/N=C(\C(=O)N[C@@H]1C(=O)N2C(C(=O)O)=C(C[n+]3ccn4c(NCCN)cccc43)CS[C@@H]12)c1csc(N)n1. The first kappa shape index (κ1) is 26.5. The Morgan fingerprint density at radius 1 is 1.38 bits per heavy atom. The Balaban J connectivity index is 1.36. The highest BCUT2D eigenvalue weighted by Gasteiger charge is 2.54. The fraction of sp³-hybridized carbons (Fsp3) is 0.304. The first-order valence-corrected chi connectivity index (χ1v) is 13.7. The molecule has 204 valence electrons. The maximum absolute atomic E-state index is 13.1. The van der Waals surface area contributed by atoms with Gasteiger partial charge in [0.25, 0.3) is 17.5 Å². The third kappa shape index (κ3) is 4.88. The molecule has 0 bridgehead atoms. The van der Waals surface area contributed by atoms with Crippen molar-refractivity contribution in [3.63, 3.8) is 0 Å². The second kappa shape index (κ2) is 10.9. The molecule has 2 aliphatic heterocycles. The zero-order valence-corrected chi connectivity index (χ0v) is 22.4. The quantitative estimate of drug-likeness (QED) is 0.0909. The van der Waals surface area contributed by atoms with E-state index in [9.17, 15) is 19.5 Å². The number of anilines is 2. The number of carboxylic acids is 1. The number of amides is 2. The van der Waals surface area contributed by atoms with Gasteiger partial charge in [0.15, 0.2) is 16.7 Å². The van der Waals surface area contributed by atoms with E-state index in [1.807, 2.05) is 39.6 Å². The molecule has 2 amide bonds. The predicted octanol–water partition coefficient (Wildman–Crippen LogP) is -0.575. The molecule has 2 atom stereocenters. The third-order valence-electron chi connectivity index (χ3n) is 6.21. The van der Waals surface area contributed by atoms with E-state index in [0.717, 1.165) is 22.8 Å². The molecule has 1 fully saturated rings. The third-order valence-corrected chi connectivity index (χ3v) is 8.22. The number of hydrogen-bond donors (Lipinski definition) is 5. The summed E-state index contributed by atoms with van der Waals surface area (Å²) in [7, 11) is 1.28. The number of hydrogen-bond acceptors (Lipinski definition) is 11. The van der Waals surface area contributed by atoms with Gasteiger partial charge in [-0.3, -0.25) is 14.5 Å². The van der Waals surface area contributed by atoms with E-state index >= 15 is 0 Å². The molecular formula is C23H26N9O5S2+. The van der Waals surface area contributed by atoms with Crippen molar-refractivity contribution in [1.29, 1.82) is 0 Å². The van der Waals surface area contributed by atoms with E-state index in [1.165, 1.54) is 23.8 Å². The second-order valence-electron chi connectivity index (χ2n) is 8.59. The minimum absolute atomic E-state index is 0.0726. The van der Waals surface area contributed by atoms with Gasteiger partial charge in [0.05, 0.1) is 0 Å². The highest BCUT2D eigenvalue weighted by atomic mass is 32.2. The van der Waals surface area contributed by atoms with Gasteiger partial charge in [-0.25, -0.2) is 14.3 Å². The Kier molecular flexibility index (Phi) is 7.40. The average molecular weight is 573 g/mol. The van der Waals surface area contributed by atoms with Crippen molar-refractivity contribution in [2.24, 2.45) is 10.9 Å². The number of thiazole rings is 1. The molecule has 0 aliphatic carbocycles. The number of imidazole rings is 1. The summed E-state index contributed by atoms with van der Waals surface area (Å²) in [6.45, 7) is 1.36. The van der Waals surface area contributed by atoms with Crippen molar-refractivity contribution >= 4 is 63.2 Å². The number of β-lactam (4-membered cyclic amide) rings is 1. The summed E-state index contributed by atoms with van der Waals surface area (Å²) in [6.07, 6.45) is 3.73. The van der Waals surface area contributed by atoms with Crippen LogP contribution in [0.1, 0.15) is 5.69 Å². The number of nitrogens with zero attached hydrogens (tertiary/aromatic N) is 5. The smallest absolute Gasteiger partial charge is 0.352 e. The van der Waals surface area contributed by atoms with Crippen molar-refractivity contribution in [2.75, 3.05) is 37.0 Å². The van der Waals surface area contributed by atoms with Crippen molar-refractivity contribution < 1.29 is 28.9 Å². The fourth-order valence-electron chi connectivity index (χ4n) is 4.51. The molecule has 5 heterocycles. The summed E-state index contributed by atoms with van der Waals surface area (Å²) < 4.78 is 3.87. The topological polar surface area (TPSA) is 194 Å². The standard InChI is InChI=1S/C23H25N9O5S2/c1-37-29-16(13-11-39-23(25)27-13)19(33)28-17-20(34)32-18(22(35)36)12(10-38-21(17)32)9-30-7-8-31-14(26-6-5-24)3-2-4-15(30)31/h2-4,7-8,11,17,21H,5-6,9-10,24H2,1H3,(H4,25,27,28,33,35,36)/p+1/b29-16-/t17-,21+/m1/s1. The average Bonchev–Trinajstić information content (AvgIpc) is 3.54. The Hall–Kier alpha value is -4.15. The predicted molar refractivity (Wildman–Crippen MR) is 145 cm³/mol. The second-order valence-corrected chi connectivity index (χ2v) is 10.6. The monoisotopic (exact) mass is 572 g/mol. The number of carbonyl (C=O) groups excluding carboxylic acids is 2. The number of rotatable bonds is 10. The van der Waals surface area contributed by atoms with E-state index in [1.54, 1.807) is 5.38 Å². The van der Waals surface area contributed by atoms with E-state index in [0.29, 0.717) is 24.4 Å². The van der Waals surface area contributed by atoms with Crippen molar-refractivity contribution in [1.82, 2.24) is 19.6 Å². The molecule has 7 N–H and O–H groups in total. The summed E-state index contributed by atoms with van der Waals surface area (Å²) in [6, 6.07) is 4.81. The van der Waals surface area contributed by atoms with Crippen LogP contribution in [0.25, 0.3) is 5.65 Å². The number of nitrogens with one attached hydrogen (secondary N) is 2. The lowest BCUT2D eigenvalue weighted by Gasteiger charge is -2.49. The molecule has 39 heavy (non-hydrogen) atoms.